The molecule has 1 saturated carbocycles. The highest BCUT2D eigenvalue weighted by Crippen LogP contribution is 2.49. The Balaban J connectivity index is 1.44. The van der Waals surface area contributed by atoms with Gasteiger partial charge in [0.2, 0.25) is 5.91 Å². The monoisotopic (exact) mass is 332 g/mol. The van der Waals surface area contributed by atoms with E-state index in [1.54, 1.807) is 12.3 Å². The number of amides is 1. The van der Waals surface area contributed by atoms with E-state index in [4.69, 9.17) is 5.26 Å². The highest BCUT2D eigenvalue weighted by atomic mass is 16.2. The van der Waals surface area contributed by atoms with E-state index in [0.29, 0.717) is 18.7 Å². The van der Waals surface area contributed by atoms with Crippen LogP contribution in [0.15, 0.2) is 48.7 Å². The van der Waals surface area contributed by atoms with Crippen LogP contribution in [-0.2, 0) is 10.2 Å². The second kappa shape index (κ2) is 6.21. The Morgan fingerprint density at radius 1 is 1.08 bits per heavy atom. The number of pyridine rings is 1. The summed E-state index contributed by atoms with van der Waals surface area (Å²) in [4.78, 5) is 21.6. The number of carbonyl (C=O) groups excluding carboxylic acids is 1. The first-order valence-corrected chi connectivity index (χ1v) is 8.69. The number of hydrogen-bond acceptors (Lipinski definition) is 4. The van der Waals surface area contributed by atoms with Crippen molar-refractivity contribution in [2.75, 3.05) is 31.1 Å². The fraction of sp³-hybridized carbons (Fsp3) is 0.350. The van der Waals surface area contributed by atoms with Gasteiger partial charge in [-0.05, 0) is 30.5 Å². The number of carbonyl (C=O) groups is 1. The van der Waals surface area contributed by atoms with Gasteiger partial charge in [-0.15, -0.1) is 0 Å². The Morgan fingerprint density at radius 2 is 1.80 bits per heavy atom. The lowest BCUT2D eigenvalue weighted by Gasteiger charge is -2.37. The van der Waals surface area contributed by atoms with Crippen molar-refractivity contribution in [3.05, 3.63) is 59.8 Å². The van der Waals surface area contributed by atoms with Crippen molar-refractivity contribution in [3.8, 4) is 6.07 Å². The van der Waals surface area contributed by atoms with Crippen LogP contribution in [-0.4, -0.2) is 42.0 Å². The molecule has 0 radical (unpaired) electrons. The number of anilines is 1. The molecule has 25 heavy (non-hydrogen) atoms. The second-order valence-electron chi connectivity index (χ2n) is 6.74. The van der Waals surface area contributed by atoms with Crippen LogP contribution in [0.3, 0.4) is 0 Å². The average Bonchev–Trinajstić information content (AvgIpc) is 3.50. The van der Waals surface area contributed by atoms with Gasteiger partial charge in [-0.3, -0.25) is 4.79 Å². The lowest BCUT2D eigenvalue weighted by Crippen LogP contribution is -2.51. The summed E-state index contributed by atoms with van der Waals surface area (Å²) in [7, 11) is 0. The maximum absolute atomic E-state index is 13.1. The maximum Gasteiger partial charge on any atom is 0.233 e. The minimum absolute atomic E-state index is 0.261. The van der Waals surface area contributed by atoms with Gasteiger partial charge < -0.3 is 9.80 Å². The molecule has 0 atom stereocenters. The van der Waals surface area contributed by atoms with Gasteiger partial charge >= 0.3 is 0 Å². The van der Waals surface area contributed by atoms with Gasteiger partial charge in [-0.25, -0.2) is 4.98 Å². The number of piperazine rings is 1. The van der Waals surface area contributed by atoms with Crippen molar-refractivity contribution in [3.63, 3.8) is 0 Å². The van der Waals surface area contributed by atoms with E-state index in [0.717, 1.165) is 37.3 Å². The third kappa shape index (κ3) is 2.85. The summed E-state index contributed by atoms with van der Waals surface area (Å²) in [6.07, 6.45) is 3.56. The summed E-state index contributed by atoms with van der Waals surface area (Å²) in [5.74, 6) is 1.08. The summed E-state index contributed by atoms with van der Waals surface area (Å²) in [5.41, 5.74) is 1.47. The first-order chi connectivity index (χ1) is 12.2. The van der Waals surface area contributed by atoms with E-state index in [1.165, 1.54) is 0 Å². The van der Waals surface area contributed by atoms with Crippen LogP contribution >= 0.6 is 0 Å². The van der Waals surface area contributed by atoms with E-state index in [1.807, 2.05) is 29.2 Å². The molecule has 1 amide bonds. The molecular formula is C20H20N4O. The Labute approximate surface area is 147 Å². The number of benzene rings is 1. The quantitative estimate of drug-likeness (QED) is 0.865. The molecule has 2 aromatic rings. The molecule has 1 aromatic heterocycles. The van der Waals surface area contributed by atoms with Crippen molar-refractivity contribution in [2.45, 2.75) is 18.3 Å². The minimum Gasteiger partial charge on any atom is -0.353 e. The van der Waals surface area contributed by atoms with Gasteiger partial charge in [-0.2, -0.15) is 5.26 Å². The molecule has 0 N–H and O–H groups in total. The molecule has 5 heteroatoms. The molecule has 1 saturated heterocycles. The zero-order chi connectivity index (χ0) is 17.3. The SMILES string of the molecule is N#Cc1ccnc(N2CCN(C(=O)C3(c4ccccc4)CC3)CC2)c1. The van der Waals surface area contributed by atoms with E-state index >= 15 is 0 Å². The zero-order valence-corrected chi connectivity index (χ0v) is 14.1. The summed E-state index contributed by atoms with van der Waals surface area (Å²) in [6.45, 7) is 2.90. The molecule has 2 heterocycles. The first kappa shape index (κ1) is 15.6. The molecule has 1 aliphatic heterocycles. The highest BCUT2D eigenvalue weighted by Gasteiger charge is 2.53. The molecule has 5 nitrogen and oxygen atoms in total. The Morgan fingerprint density at radius 3 is 2.44 bits per heavy atom. The van der Waals surface area contributed by atoms with Crippen molar-refractivity contribution in [1.29, 1.82) is 5.26 Å². The number of hydrogen-bond donors (Lipinski definition) is 0. The smallest absolute Gasteiger partial charge is 0.233 e. The Bertz CT molecular complexity index is 815. The number of aromatic nitrogens is 1. The highest BCUT2D eigenvalue weighted by molar-refractivity contribution is 5.91. The average molecular weight is 332 g/mol. The molecule has 126 valence electrons. The molecule has 4 rings (SSSR count). The topological polar surface area (TPSA) is 60.2 Å². The number of nitrogens with zero attached hydrogens (tertiary/aromatic N) is 4. The molecule has 1 aliphatic carbocycles. The number of nitriles is 1. The number of rotatable bonds is 3. The van der Waals surface area contributed by atoms with E-state index in [-0.39, 0.29) is 11.3 Å². The third-order valence-electron chi connectivity index (χ3n) is 5.25. The maximum atomic E-state index is 13.1. The van der Waals surface area contributed by atoms with Gasteiger partial charge in [0.25, 0.3) is 0 Å². The zero-order valence-electron chi connectivity index (χ0n) is 14.1. The predicted molar refractivity (Wildman–Crippen MR) is 95.1 cm³/mol. The summed E-state index contributed by atoms with van der Waals surface area (Å²) >= 11 is 0. The lowest BCUT2D eigenvalue weighted by molar-refractivity contribution is -0.134. The van der Waals surface area contributed by atoms with Gasteiger partial charge in [0.15, 0.2) is 0 Å². The van der Waals surface area contributed by atoms with Crippen LogP contribution in [0.5, 0.6) is 0 Å². The Kier molecular flexibility index (Phi) is 3.89. The minimum atomic E-state index is -0.289. The molecule has 2 fully saturated rings. The summed E-state index contributed by atoms with van der Waals surface area (Å²) in [5, 5.41) is 9.03. The lowest BCUT2D eigenvalue weighted by atomic mass is 9.94. The van der Waals surface area contributed by atoms with E-state index in [9.17, 15) is 4.79 Å². The second-order valence-corrected chi connectivity index (χ2v) is 6.74. The van der Waals surface area contributed by atoms with E-state index < -0.39 is 0 Å². The van der Waals surface area contributed by atoms with Gasteiger partial charge in [0.05, 0.1) is 17.0 Å². The molecule has 1 aromatic carbocycles. The Hall–Kier alpha value is -2.87. The normalized spacial score (nSPS) is 18.5. The van der Waals surface area contributed by atoms with Crippen LogP contribution < -0.4 is 4.90 Å². The summed E-state index contributed by atoms with van der Waals surface area (Å²) in [6, 6.07) is 15.8. The van der Waals surface area contributed by atoms with Crippen molar-refractivity contribution < 1.29 is 4.79 Å². The first-order valence-electron chi connectivity index (χ1n) is 8.69. The molecule has 0 bridgehead atoms. The summed E-state index contributed by atoms with van der Waals surface area (Å²) < 4.78 is 0. The molecule has 0 spiro atoms. The molecule has 2 aliphatic rings. The van der Waals surface area contributed by atoms with Crippen molar-refractivity contribution >= 4 is 11.7 Å². The third-order valence-corrected chi connectivity index (χ3v) is 5.25. The van der Waals surface area contributed by atoms with Crippen LogP contribution in [0.1, 0.15) is 24.0 Å². The fourth-order valence-electron chi connectivity index (χ4n) is 3.61. The van der Waals surface area contributed by atoms with Crippen LogP contribution in [0.2, 0.25) is 0 Å². The van der Waals surface area contributed by atoms with Crippen molar-refractivity contribution in [2.24, 2.45) is 0 Å². The fourth-order valence-corrected chi connectivity index (χ4v) is 3.61. The predicted octanol–water partition coefficient (Wildman–Crippen LogP) is 2.33. The van der Waals surface area contributed by atoms with Crippen LogP contribution in [0.4, 0.5) is 5.82 Å². The largest absolute Gasteiger partial charge is 0.353 e. The van der Waals surface area contributed by atoms with Gasteiger partial charge in [-0.1, -0.05) is 30.3 Å². The van der Waals surface area contributed by atoms with Crippen LogP contribution in [0, 0.1) is 11.3 Å². The standard InChI is InChI=1S/C20H20N4O/c21-15-16-6-9-22-18(14-16)23-10-12-24(13-11-23)19(25)20(7-8-20)17-4-2-1-3-5-17/h1-6,9,14H,7-8,10-13H2. The van der Waals surface area contributed by atoms with Gasteiger partial charge in [0.1, 0.15) is 5.82 Å². The van der Waals surface area contributed by atoms with Crippen molar-refractivity contribution in [1.82, 2.24) is 9.88 Å². The molecule has 0 unspecified atom stereocenters. The van der Waals surface area contributed by atoms with Crippen LogP contribution in [0.25, 0.3) is 0 Å². The van der Waals surface area contributed by atoms with E-state index in [2.05, 4.69) is 28.1 Å². The molecular weight excluding hydrogens is 312 g/mol. The van der Waals surface area contributed by atoms with Gasteiger partial charge in [0, 0.05) is 32.4 Å².